The molecule has 18 heavy (non-hydrogen) atoms. The highest BCUT2D eigenvalue weighted by atomic mass is 16.3. The van der Waals surface area contributed by atoms with Gasteiger partial charge in [-0.3, -0.25) is 4.68 Å². The molecule has 0 aliphatic heterocycles. The molecule has 2 rings (SSSR count). The lowest BCUT2D eigenvalue weighted by atomic mass is 9.68. The Kier molecular flexibility index (Phi) is 3.72. The van der Waals surface area contributed by atoms with Crippen molar-refractivity contribution in [2.45, 2.75) is 52.2 Å². The van der Waals surface area contributed by atoms with Gasteiger partial charge in [-0.1, -0.05) is 6.92 Å². The Morgan fingerprint density at radius 1 is 1.61 bits per heavy atom. The van der Waals surface area contributed by atoms with Crippen LogP contribution >= 0.6 is 0 Å². The molecule has 1 unspecified atom stereocenters. The summed E-state index contributed by atoms with van der Waals surface area (Å²) in [5.41, 5.74) is 0.146. The van der Waals surface area contributed by atoms with Gasteiger partial charge in [0, 0.05) is 12.7 Å². The summed E-state index contributed by atoms with van der Waals surface area (Å²) in [4.78, 5) is 0. The Morgan fingerprint density at radius 3 is 2.83 bits per heavy atom. The van der Waals surface area contributed by atoms with Crippen LogP contribution in [-0.4, -0.2) is 14.9 Å². The molecule has 0 bridgehead atoms. The van der Waals surface area contributed by atoms with Crippen molar-refractivity contribution in [3.8, 4) is 6.07 Å². The van der Waals surface area contributed by atoms with Gasteiger partial charge in [0.25, 0.3) is 0 Å². The van der Waals surface area contributed by atoms with Crippen LogP contribution in [0.3, 0.4) is 0 Å². The van der Waals surface area contributed by atoms with Crippen LogP contribution in [0, 0.1) is 22.7 Å². The highest BCUT2D eigenvalue weighted by Crippen LogP contribution is 2.46. The van der Waals surface area contributed by atoms with E-state index in [1.807, 2.05) is 13.0 Å². The van der Waals surface area contributed by atoms with Crippen molar-refractivity contribution in [3.05, 3.63) is 18.0 Å². The van der Waals surface area contributed by atoms with Gasteiger partial charge in [0.05, 0.1) is 17.2 Å². The number of hydrogen-bond donors (Lipinski definition) is 1. The predicted molar refractivity (Wildman–Crippen MR) is 68.5 cm³/mol. The normalized spacial score (nSPS) is 29.8. The molecule has 1 heterocycles. The summed E-state index contributed by atoms with van der Waals surface area (Å²) >= 11 is 0. The topological polar surface area (TPSA) is 61.8 Å². The quantitative estimate of drug-likeness (QED) is 0.893. The van der Waals surface area contributed by atoms with Gasteiger partial charge in [-0.2, -0.15) is 10.4 Å². The average molecular weight is 247 g/mol. The minimum absolute atomic E-state index is 0.626. The van der Waals surface area contributed by atoms with Crippen LogP contribution in [0.25, 0.3) is 0 Å². The Labute approximate surface area is 108 Å². The summed E-state index contributed by atoms with van der Waals surface area (Å²) in [5, 5.41) is 24.3. The van der Waals surface area contributed by atoms with Crippen LogP contribution < -0.4 is 0 Å². The monoisotopic (exact) mass is 247 g/mol. The first-order valence-corrected chi connectivity index (χ1v) is 6.74. The summed E-state index contributed by atoms with van der Waals surface area (Å²) in [6.07, 6.45) is 4.56. The first-order valence-electron chi connectivity index (χ1n) is 6.74. The van der Waals surface area contributed by atoms with Gasteiger partial charge < -0.3 is 5.11 Å². The van der Waals surface area contributed by atoms with E-state index in [4.69, 9.17) is 0 Å². The molecule has 0 radical (unpaired) electrons. The lowest BCUT2D eigenvalue weighted by Crippen LogP contribution is -2.33. The molecule has 1 atom stereocenters. The third-order valence-electron chi connectivity index (χ3n) is 4.24. The highest BCUT2D eigenvalue weighted by molar-refractivity contribution is 5.16. The SMILES string of the molecule is CCn1nccc1C(O)C1(C#N)CCC(C)CC1. The summed E-state index contributed by atoms with van der Waals surface area (Å²) in [6, 6.07) is 4.21. The van der Waals surface area contributed by atoms with Gasteiger partial charge in [-0.05, 0) is 44.6 Å². The number of aliphatic hydroxyl groups excluding tert-OH is 1. The van der Waals surface area contributed by atoms with E-state index in [1.54, 1.807) is 10.9 Å². The molecule has 0 amide bonds. The highest BCUT2D eigenvalue weighted by Gasteiger charge is 2.42. The maximum atomic E-state index is 10.6. The van der Waals surface area contributed by atoms with Crippen molar-refractivity contribution in [1.82, 2.24) is 9.78 Å². The molecule has 1 saturated carbocycles. The van der Waals surface area contributed by atoms with E-state index >= 15 is 0 Å². The first kappa shape index (κ1) is 13.1. The molecule has 1 aliphatic carbocycles. The Bertz CT molecular complexity index is 438. The third kappa shape index (κ3) is 2.15. The smallest absolute Gasteiger partial charge is 0.114 e. The minimum Gasteiger partial charge on any atom is -0.385 e. The fourth-order valence-electron chi connectivity index (χ4n) is 2.85. The van der Waals surface area contributed by atoms with Gasteiger partial charge in [-0.15, -0.1) is 0 Å². The number of aryl methyl sites for hydroxylation is 1. The number of nitrogens with zero attached hydrogens (tertiary/aromatic N) is 3. The fraction of sp³-hybridized carbons (Fsp3) is 0.714. The van der Waals surface area contributed by atoms with E-state index in [0.717, 1.165) is 37.9 Å². The molecule has 1 fully saturated rings. The Balaban J connectivity index is 2.26. The van der Waals surface area contributed by atoms with Gasteiger partial charge >= 0.3 is 0 Å². The van der Waals surface area contributed by atoms with Crippen LogP contribution in [-0.2, 0) is 6.54 Å². The zero-order chi connectivity index (χ0) is 13.2. The van der Waals surface area contributed by atoms with Crippen molar-refractivity contribution in [2.75, 3.05) is 0 Å². The molecule has 1 aliphatic rings. The van der Waals surface area contributed by atoms with E-state index < -0.39 is 11.5 Å². The largest absolute Gasteiger partial charge is 0.385 e. The van der Waals surface area contributed by atoms with Gasteiger partial charge in [-0.25, -0.2) is 0 Å². The molecule has 4 nitrogen and oxygen atoms in total. The average Bonchev–Trinajstić information content (AvgIpc) is 2.87. The van der Waals surface area contributed by atoms with Crippen molar-refractivity contribution in [1.29, 1.82) is 5.26 Å². The van der Waals surface area contributed by atoms with Gasteiger partial charge in [0.15, 0.2) is 0 Å². The molecule has 0 aromatic carbocycles. The van der Waals surface area contributed by atoms with Crippen LogP contribution in [0.1, 0.15) is 51.3 Å². The summed E-state index contributed by atoms with van der Waals surface area (Å²) < 4.78 is 1.78. The van der Waals surface area contributed by atoms with Crippen molar-refractivity contribution in [2.24, 2.45) is 11.3 Å². The number of aliphatic hydroxyl groups is 1. The van der Waals surface area contributed by atoms with Crippen molar-refractivity contribution in [3.63, 3.8) is 0 Å². The number of aromatic nitrogens is 2. The Morgan fingerprint density at radius 2 is 2.28 bits per heavy atom. The number of hydrogen-bond acceptors (Lipinski definition) is 3. The summed E-state index contributed by atoms with van der Waals surface area (Å²) in [5.74, 6) is 0.662. The molecular weight excluding hydrogens is 226 g/mol. The first-order chi connectivity index (χ1) is 8.63. The molecule has 1 N–H and O–H groups in total. The number of rotatable bonds is 3. The zero-order valence-corrected chi connectivity index (χ0v) is 11.1. The predicted octanol–water partition coefficient (Wildman–Crippen LogP) is 2.66. The Hall–Kier alpha value is -1.34. The van der Waals surface area contributed by atoms with E-state index in [0.29, 0.717) is 5.92 Å². The van der Waals surface area contributed by atoms with Crippen LogP contribution in [0.15, 0.2) is 12.3 Å². The second-order valence-corrected chi connectivity index (χ2v) is 5.42. The molecule has 98 valence electrons. The van der Waals surface area contributed by atoms with Gasteiger partial charge in [0.1, 0.15) is 6.10 Å². The zero-order valence-electron chi connectivity index (χ0n) is 11.1. The van der Waals surface area contributed by atoms with Crippen LogP contribution in [0.2, 0.25) is 0 Å². The summed E-state index contributed by atoms with van der Waals surface area (Å²) in [7, 11) is 0. The fourth-order valence-corrected chi connectivity index (χ4v) is 2.85. The molecule has 1 aromatic rings. The lowest BCUT2D eigenvalue weighted by Gasteiger charge is -2.37. The second-order valence-electron chi connectivity index (χ2n) is 5.42. The lowest BCUT2D eigenvalue weighted by molar-refractivity contribution is 0.0205. The second kappa shape index (κ2) is 5.11. The van der Waals surface area contributed by atoms with Crippen molar-refractivity contribution >= 4 is 0 Å². The maximum absolute atomic E-state index is 10.6. The summed E-state index contributed by atoms with van der Waals surface area (Å²) in [6.45, 7) is 4.92. The molecule has 4 heteroatoms. The third-order valence-corrected chi connectivity index (χ3v) is 4.24. The molecule has 0 spiro atoms. The standard InChI is InChI=1S/C14H21N3O/c1-3-17-12(6-9-16-17)13(18)14(10-15)7-4-11(2)5-8-14/h6,9,11,13,18H,3-5,7-8H2,1-2H3. The molecule has 1 aromatic heterocycles. The van der Waals surface area contributed by atoms with Crippen LogP contribution in [0.5, 0.6) is 0 Å². The molecule has 0 saturated heterocycles. The van der Waals surface area contributed by atoms with Gasteiger partial charge in [0.2, 0.25) is 0 Å². The minimum atomic E-state index is -0.725. The maximum Gasteiger partial charge on any atom is 0.114 e. The van der Waals surface area contributed by atoms with E-state index in [2.05, 4.69) is 18.1 Å². The van der Waals surface area contributed by atoms with Crippen LogP contribution in [0.4, 0.5) is 0 Å². The van der Waals surface area contributed by atoms with E-state index in [-0.39, 0.29) is 0 Å². The molecular formula is C14H21N3O. The van der Waals surface area contributed by atoms with E-state index in [9.17, 15) is 10.4 Å². The number of nitriles is 1. The van der Waals surface area contributed by atoms with Crippen molar-refractivity contribution < 1.29 is 5.11 Å². The van der Waals surface area contributed by atoms with E-state index in [1.165, 1.54) is 0 Å².